The first-order valence-electron chi connectivity index (χ1n) is 5.79. The lowest BCUT2D eigenvalue weighted by atomic mass is 10.1. The molecule has 1 fully saturated rings. The second kappa shape index (κ2) is 5.97. The van der Waals surface area contributed by atoms with E-state index >= 15 is 0 Å². The zero-order chi connectivity index (χ0) is 12.1. The van der Waals surface area contributed by atoms with Crippen LogP contribution in [0.15, 0.2) is 4.99 Å². The molecule has 2 unspecified atom stereocenters. The van der Waals surface area contributed by atoms with Gasteiger partial charge < -0.3 is 18.9 Å². The number of hydrogen-bond donors (Lipinski definition) is 0. The van der Waals surface area contributed by atoms with Gasteiger partial charge >= 0.3 is 5.97 Å². The largest absolute Gasteiger partial charge is 0.477 e. The Morgan fingerprint density at radius 1 is 1.41 bits per heavy atom. The topological polar surface area (TPSA) is 66.4 Å². The maximum absolute atomic E-state index is 11.4. The minimum absolute atomic E-state index is 0.103. The number of methoxy groups -OCH3 is 1. The molecule has 0 aromatic carbocycles. The van der Waals surface area contributed by atoms with Crippen LogP contribution in [0, 0.1) is 0 Å². The number of carbonyl (C=O) groups is 1. The van der Waals surface area contributed by atoms with Gasteiger partial charge in [0.05, 0.1) is 20.3 Å². The lowest BCUT2D eigenvalue weighted by Crippen LogP contribution is -2.31. The van der Waals surface area contributed by atoms with Gasteiger partial charge in [-0.25, -0.2) is 9.79 Å². The molecule has 2 aliphatic rings. The Morgan fingerprint density at radius 3 is 2.88 bits per heavy atom. The van der Waals surface area contributed by atoms with Crippen LogP contribution in [0.4, 0.5) is 0 Å². The lowest BCUT2D eigenvalue weighted by Gasteiger charge is -2.16. The van der Waals surface area contributed by atoms with Crippen molar-refractivity contribution in [1.82, 2.24) is 0 Å². The van der Waals surface area contributed by atoms with Crippen molar-refractivity contribution in [3.63, 3.8) is 0 Å². The number of rotatable bonds is 5. The Labute approximate surface area is 99.9 Å². The minimum Gasteiger partial charge on any atom is -0.477 e. The van der Waals surface area contributed by atoms with E-state index in [1.807, 2.05) is 0 Å². The number of nitrogens with zero attached hydrogens (tertiary/aromatic N) is 1. The molecule has 0 aromatic rings. The van der Waals surface area contributed by atoms with Crippen LogP contribution in [-0.2, 0) is 23.7 Å². The summed E-state index contributed by atoms with van der Waals surface area (Å²) >= 11 is 0. The van der Waals surface area contributed by atoms with Crippen molar-refractivity contribution >= 4 is 12.4 Å². The molecule has 0 spiro atoms. The zero-order valence-electron chi connectivity index (χ0n) is 9.83. The average Bonchev–Trinajstić information content (AvgIpc) is 2.99. The summed E-state index contributed by atoms with van der Waals surface area (Å²) < 4.78 is 20.6. The van der Waals surface area contributed by atoms with Crippen LogP contribution >= 0.6 is 0 Å². The van der Waals surface area contributed by atoms with Crippen molar-refractivity contribution in [2.45, 2.75) is 37.7 Å². The summed E-state index contributed by atoms with van der Waals surface area (Å²) in [4.78, 5) is 15.3. The van der Waals surface area contributed by atoms with Crippen LogP contribution in [0.3, 0.4) is 0 Å². The quantitative estimate of drug-likeness (QED) is 0.658. The van der Waals surface area contributed by atoms with Crippen LogP contribution in [-0.4, -0.2) is 51.1 Å². The van der Waals surface area contributed by atoms with Gasteiger partial charge in [0.25, 0.3) is 0 Å². The van der Waals surface area contributed by atoms with Crippen LogP contribution in [0.1, 0.15) is 19.3 Å². The highest BCUT2D eigenvalue weighted by atomic mass is 16.7. The van der Waals surface area contributed by atoms with E-state index in [2.05, 4.69) is 9.73 Å². The zero-order valence-corrected chi connectivity index (χ0v) is 9.83. The van der Waals surface area contributed by atoms with Crippen molar-refractivity contribution < 1.29 is 23.7 Å². The van der Waals surface area contributed by atoms with Gasteiger partial charge in [0, 0.05) is 0 Å². The third-order valence-electron chi connectivity index (χ3n) is 2.87. The standard InChI is InChI=1S/C11H17NO5/c1-14-11(13)10-8(17-7-12-10)3-2-4-9-15-5-6-16-9/h7-10H,2-6H2,1H3. The van der Waals surface area contributed by atoms with E-state index < -0.39 is 6.04 Å². The van der Waals surface area contributed by atoms with Gasteiger partial charge in [-0.1, -0.05) is 0 Å². The second-order valence-corrected chi connectivity index (χ2v) is 4.00. The SMILES string of the molecule is COC(=O)C1N=COC1CCCC1OCCO1. The third-order valence-corrected chi connectivity index (χ3v) is 2.87. The number of aliphatic imine (C=N–C) groups is 1. The number of ether oxygens (including phenoxy) is 4. The van der Waals surface area contributed by atoms with Gasteiger partial charge in [-0.2, -0.15) is 0 Å². The first-order valence-corrected chi connectivity index (χ1v) is 5.79. The van der Waals surface area contributed by atoms with Gasteiger partial charge in [-0.15, -0.1) is 0 Å². The molecule has 2 rings (SSSR count). The Balaban J connectivity index is 1.69. The molecule has 0 amide bonds. The summed E-state index contributed by atoms with van der Waals surface area (Å²) in [6.07, 6.45) is 3.43. The van der Waals surface area contributed by atoms with Gasteiger partial charge in [-0.05, 0) is 19.3 Å². The summed E-state index contributed by atoms with van der Waals surface area (Å²) in [5.41, 5.74) is 0. The minimum atomic E-state index is -0.523. The molecular formula is C11H17NO5. The van der Waals surface area contributed by atoms with E-state index in [0.717, 1.165) is 19.3 Å². The summed E-state index contributed by atoms with van der Waals surface area (Å²) in [6, 6.07) is -0.523. The number of hydrogen-bond acceptors (Lipinski definition) is 6. The van der Waals surface area contributed by atoms with Crippen LogP contribution in [0.2, 0.25) is 0 Å². The summed E-state index contributed by atoms with van der Waals surface area (Å²) in [5, 5.41) is 0. The molecule has 0 aliphatic carbocycles. The van der Waals surface area contributed by atoms with E-state index in [4.69, 9.17) is 14.2 Å². The number of carbonyl (C=O) groups excluding carboxylic acids is 1. The molecule has 96 valence electrons. The first-order chi connectivity index (χ1) is 8.31. The fraction of sp³-hybridized carbons (Fsp3) is 0.818. The Bertz CT molecular complexity index is 288. The van der Waals surface area contributed by atoms with E-state index in [0.29, 0.717) is 13.2 Å². The fourth-order valence-corrected chi connectivity index (χ4v) is 1.97. The molecule has 0 saturated carbocycles. The second-order valence-electron chi connectivity index (χ2n) is 4.00. The maximum atomic E-state index is 11.4. The average molecular weight is 243 g/mol. The molecule has 2 aliphatic heterocycles. The van der Waals surface area contributed by atoms with E-state index in [1.54, 1.807) is 0 Å². The molecule has 0 aromatic heterocycles. The summed E-state index contributed by atoms with van der Waals surface area (Å²) in [7, 11) is 1.35. The van der Waals surface area contributed by atoms with Crippen LogP contribution < -0.4 is 0 Å². The molecule has 1 saturated heterocycles. The summed E-state index contributed by atoms with van der Waals surface area (Å²) in [5.74, 6) is -0.350. The normalized spacial score (nSPS) is 28.3. The molecule has 0 bridgehead atoms. The van der Waals surface area contributed by atoms with Crippen molar-refractivity contribution in [1.29, 1.82) is 0 Å². The molecule has 0 radical (unpaired) electrons. The van der Waals surface area contributed by atoms with Crippen LogP contribution in [0.5, 0.6) is 0 Å². The Morgan fingerprint density at radius 2 is 2.18 bits per heavy atom. The molecule has 2 atom stereocenters. The molecule has 6 heteroatoms. The predicted octanol–water partition coefficient (Wildman–Crippen LogP) is 0.498. The molecule has 17 heavy (non-hydrogen) atoms. The molecule has 2 heterocycles. The van der Waals surface area contributed by atoms with E-state index in [9.17, 15) is 4.79 Å². The highest BCUT2D eigenvalue weighted by molar-refractivity contribution is 5.79. The Kier molecular flexibility index (Phi) is 4.33. The van der Waals surface area contributed by atoms with E-state index in [1.165, 1.54) is 13.5 Å². The number of esters is 1. The smallest absolute Gasteiger partial charge is 0.334 e. The van der Waals surface area contributed by atoms with Gasteiger partial charge in [0.1, 0.15) is 6.10 Å². The highest BCUT2D eigenvalue weighted by Crippen LogP contribution is 2.19. The molecular weight excluding hydrogens is 226 g/mol. The molecule has 0 N–H and O–H groups in total. The first kappa shape index (κ1) is 12.3. The van der Waals surface area contributed by atoms with Crippen molar-refractivity contribution in [3.05, 3.63) is 0 Å². The van der Waals surface area contributed by atoms with Gasteiger partial charge in [-0.3, -0.25) is 0 Å². The lowest BCUT2D eigenvalue weighted by molar-refractivity contribution is -0.143. The maximum Gasteiger partial charge on any atom is 0.334 e. The van der Waals surface area contributed by atoms with Crippen molar-refractivity contribution in [2.75, 3.05) is 20.3 Å². The Hall–Kier alpha value is -1.14. The highest BCUT2D eigenvalue weighted by Gasteiger charge is 2.33. The van der Waals surface area contributed by atoms with Crippen molar-refractivity contribution in [2.24, 2.45) is 4.99 Å². The van der Waals surface area contributed by atoms with Crippen LogP contribution in [0.25, 0.3) is 0 Å². The third kappa shape index (κ3) is 3.17. The fourth-order valence-electron chi connectivity index (χ4n) is 1.97. The molecule has 6 nitrogen and oxygen atoms in total. The predicted molar refractivity (Wildman–Crippen MR) is 58.7 cm³/mol. The summed E-state index contributed by atoms with van der Waals surface area (Å²) in [6.45, 7) is 1.33. The van der Waals surface area contributed by atoms with Crippen molar-refractivity contribution in [3.8, 4) is 0 Å². The van der Waals surface area contributed by atoms with E-state index in [-0.39, 0.29) is 18.4 Å². The van der Waals surface area contributed by atoms with Gasteiger partial charge in [0.15, 0.2) is 18.7 Å². The van der Waals surface area contributed by atoms with Gasteiger partial charge in [0.2, 0.25) is 0 Å². The monoisotopic (exact) mass is 243 g/mol.